The van der Waals surface area contributed by atoms with E-state index in [0.717, 1.165) is 30.5 Å². The lowest BCUT2D eigenvalue weighted by molar-refractivity contribution is -0.116. The van der Waals surface area contributed by atoms with Crippen molar-refractivity contribution in [3.63, 3.8) is 0 Å². The summed E-state index contributed by atoms with van der Waals surface area (Å²) in [5.74, 6) is 0.516. The second-order valence-corrected chi connectivity index (χ2v) is 8.11. The van der Waals surface area contributed by atoms with Crippen LogP contribution in [0.1, 0.15) is 38.2 Å². The number of benzene rings is 1. The highest BCUT2D eigenvalue weighted by Crippen LogP contribution is 2.32. The minimum atomic E-state index is -3.44. The lowest BCUT2D eigenvalue weighted by Crippen LogP contribution is -2.34. The van der Waals surface area contributed by atoms with E-state index in [4.69, 9.17) is 0 Å². The van der Waals surface area contributed by atoms with E-state index < -0.39 is 10.0 Å². The Morgan fingerprint density at radius 1 is 1.27 bits per heavy atom. The summed E-state index contributed by atoms with van der Waals surface area (Å²) in [6, 6.07) is 5.04. The van der Waals surface area contributed by atoms with Gasteiger partial charge in [-0.25, -0.2) is 8.42 Å². The van der Waals surface area contributed by atoms with Crippen LogP contribution in [0.4, 0.5) is 5.69 Å². The number of hydrogen-bond donors (Lipinski definition) is 1. The monoisotopic (exact) mass is 322 g/mol. The molecule has 0 radical (unpaired) electrons. The number of carbonyl (C=O) groups is 1. The zero-order chi connectivity index (χ0) is 15.7. The molecule has 2 aliphatic rings. The van der Waals surface area contributed by atoms with Gasteiger partial charge < -0.3 is 5.32 Å². The number of anilines is 1. The largest absolute Gasteiger partial charge is 0.326 e. The highest BCUT2D eigenvalue weighted by molar-refractivity contribution is 7.89. The fourth-order valence-corrected chi connectivity index (χ4v) is 4.48. The molecule has 6 heteroatoms. The molecule has 5 nitrogen and oxygen atoms in total. The van der Waals surface area contributed by atoms with Gasteiger partial charge in [0, 0.05) is 25.2 Å². The molecule has 0 saturated heterocycles. The Morgan fingerprint density at radius 2 is 2.05 bits per heavy atom. The van der Waals surface area contributed by atoms with Crippen LogP contribution in [0.25, 0.3) is 0 Å². The van der Waals surface area contributed by atoms with Gasteiger partial charge in [0.15, 0.2) is 0 Å². The molecular weight excluding hydrogens is 300 g/mol. The van der Waals surface area contributed by atoms with Crippen molar-refractivity contribution >= 4 is 21.6 Å². The van der Waals surface area contributed by atoms with Crippen LogP contribution in [0.15, 0.2) is 23.1 Å². The van der Waals surface area contributed by atoms with Gasteiger partial charge in [0.05, 0.1) is 4.90 Å². The molecule has 1 aliphatic heterocycles. The van der Waals surface area contributed by atoms with E-state index in [-0.39, 0.29) is 5.91 Å². The van der Waals surface area contributed by atoms with E-state index >= 15 is 0 Å². The van der Waals surface area contributed by atoms with Crippen LogP contribution in [0, 0.1) is 5.92 Å². The van der Waals surface area contributed by atoms with Crippen molar-refractivity contribution in [2.75, 3.05) is 18.4 Å². The normalized spacial score (nSPS) is 18.2. The SMILES string of the molecule is CCCN(CC1CC1)S(=O)(=O)c1ccc2c(c1)CCC(=O)N2. The second kappa shape index (κ2) is 6.01. The van der Waals surface area contributed by atoms with Crippen LogP contribution >= 0.6 is 0 Å². The Morgan fingerprint density at radius 3 is 2.73 bits per heavy atom. The van der Waals surface area contributed by atoms with Crippen LogP contribution in [0.3, 0.4) is 0 Å². The van der Waals surface area contributed by atoms with Crippen molar-refractivity contribution < 1.29 is 13.2 Å². The average Bonchev–Trinajstić information content (AvgIpc) is 3.30. The van der Waals surface area contributed by atoms with Gasteiger partial charge in [-0.1, -0.05) is 6.92 Å². The van der Waals surface area contributed by atoms with E-state index in [0.29, 0.717) is 36.7 Å². The number of amides is 1. The summed E-state index contributed by atoms with van der Waals surface area (Å²) < 4.78 is 27.4. The maximum atomic E-state index is 12.9. The minimum Gasteiger partial charge on any atom is -0.326 e. The molecule has 3 rings (SSSR count). The molecule has 0 spiro atoms. The van der Waals surface area contributed by atoms with Gasteiger partial charge in [-0.15, -0.1) is 0 Å². The zero-order valence-electron chi connectivity index (χ0n) is 12.8. The van der Waals surface area contributed by atoms with Crippen molar-refractivity contribution in [1.82, 2.24) is 4.31 Å². The fourth-order valence-electron chi connectivity index (χ4n) is 2.82. The first kappa shape index (κ1) is 15.5. The van der Waals surface area contributed by atoms with E-state index in [1.165, 1.54) is 0 Å². The summed E-state index contributed by atoms with van der Waals surface area (Å²) in [5, 5.41) is 2.79. The molecule has 1 amide bonds. The van der Waals surface area contributed by atoms with Crippen molar-refractivity contribution in [1.29, 1.82) is 0 Å². The van der Waals surface area contributed by atoms with E-state index in [2.05, 4.69) is 5.32 Å². The quantitative estimate of drug-likeness (QED) is 0.874. The number of rotatable bonds is 6. The van der Waals surface area contributed by atoms with Crippen LogP contribution < -0.4 is 5.32 Å². The van der Waals surface area contributed by atoms with Gasteiger partial charge in [0.1, 0.15) is 0 Å². The molecule has 1 aliphatic carbocycles. The fraction of sp³-hybridized carbons (Fsp3) is 0.562. The number of nitrogens with zero attached hydrogens (tertiary/aromatic N) is 1. The molecule has 22 heavy (non-hydrogen) atoms. The lowest BCUT2D eigenvalue weighted by atomic mass is 10.0. The van der Waals surface area contributed by atoms with E-state index in [1.54, 1.807) is 22.5 Å². The number of nitrogens with one attached hydrogen (secondary N) is 1. The predicted octanol–water partition coefficient (Wildman–Crippen LogP) is 2.38. The van der Waals surface area contributed by atoms with Crippen molar-refractivity contribution in [2.45, 2.75) is 43.9 Å². The van der Waals surface area contributed by atoms with Crippen molar-refractivity contribution in [2.24, 2.45) is 5.92 Å². The highest BCUT2D eigenvalue weighted by Gasteiger charge is 2.31. The van der Waals surface area contributed by atoms with Gasteiger partial charge in [0.25, 0.3) is 0 Å². The Bertz CT molecular complexity index is 681. The highest BCUT2D eigenvalue weighted by atomic mass is 32.2. The second-order valence-electron chi connectivity index (χ2n) is 6.17. The summed E-state index contributed by atoms with van der Waals surface area (Å²) in [4.78, 5) is 11.7. The summed E-state index contributed by atoms with van der Waals surface area (Å²) in [6.45, 7) is 3.19. The summed E-state index contributed by atoms with van der Waals surface area (Å²) in [5.41, 5.74) is 1.64. The Balaban J connectivity index is 1.88. The standard InChI is InChI=1S/C16H22N2O3S/c1-2-9-18(11-12-3-4-12)22(20,21)14-6-7-15-13(10-14)5-8-16(19)17-15/h6-7,10,12H,2-5,8-9,11H2,1H3,(H,17,19). The van der Waals surface area contributed by atoms with Gasteiger partial charge in [0.2, 0.25) is 15.9 Å². The third-order valence-electron chi connectivity index (χ3n) is 4.24. The summed E-state index contributed by atoms with van der Waals surface area (Å²) in [7, 11) is -3.44. The minimum absolute atomic E-state index is 0.00977. The molecule has 1 aromatic carbocycles. The topological polar surface area (TPSA) is 66.5 Å². The zero-order valence-corrected chi connectivity index (χ0v) is 13.7. The van der Waals surface area contributed by atoms with Crippen LogP contribution in [-0.2, 0) is 21.2 Å². The number of fused-ring (bicyclic) bond motifs is 1. The molecule has 0 unspecified atom stereocenters. The van der Waals surface area contributed by atoms with E-state index in [1.807, 2.05) is 6.92 Å². The third kappa shape index (κ3) is 3.17. The summed E-state index contributed by atoms with van der Waals surface area (Å²) in [6.07, 6.45) is 4.09. The molecule has 1 aromatic rings. The molecule has 1 saturated carbocycles. The first-order valence-electron chi connectivity index (χ1n) is 7.93. The Hall–Kier alpha value is -1.40. The van der Waals surface area contributed by atoms with Gasteiger partial charge >= 0.3 is 0 Å². The molecule has 1 heterocycles. The molecule has 1 N–H and O–H groups in total. The van der Waals surface area contributed by atoms with Gasteiger partial charge in [-0.05, 0) is 55.4 Å². The van der Waals surface area contributed by atoms with E-state index in [9.17, 15) is 13.2 Å². The van der Waals surface area contributed by atoms with Crippen LogP contribution in [0.2, 0.25) is 0 Å². The maximum absolute atomic E-state index is 12.9. The van der Waals surface area contributed by atoms with Crippen LogP contribution in [0.5, 0.6) is 0 Å². The Labute approximate surface area is 131 Å². The molecule has 0 bridgehead atoms. The third-order valence-corrected chi connectivity index (χ3v) is 6.10. The summed E-state index contributed by atoms with van der Waals surface area (Å²) >= 11 is 0. The number of sulfonamides is 1. The van der Waals surface area contributed by atoms with Gasteiger partial charge in [-0.2, -0.15) is 4.31 Å². The first-order chi connectivity index (χ1) is 10.5. The van der Waals surface area contributed by atoms with Gasteiger partial charge in [-0.3, -0.25) is 4.79 Å². The van der Waals surface area contributed by atoms with Crippen LogP contribution in [-0.4, -0.2) is 31.7 Å². The van der Waals surface area contributed by atoms with Crippen molar-refractivity contribution in [3.05, 3.63) is 23.8 Å². The van der Waals surface area contributed by atoms with Crippen molar-refractivity contribution in [3.8, 4) is 0 Å². The molecule has 120 valence electrons. The molecule has 0 atom stereocenters. The predicted molar refractivity (Wildman–Crippen MR) is 85.2 cm³/mol. The molecule has 1 fully saturated rings. The maximum Gasteiger partial charge on any atom is 0.243 e. The number of carbonyl (C=O) groups excluding carboxylic acids is 1. The molecule has 0 aromatic heterocycles. The first-order valence-corrected chi connectivity index (χ1v) is 9.37. The lowest BCUT2D eigenvalue weighted by Gasteiger charge is -2.23. The molecular formula is C16H22N2O3S. The number of aryl methyl sites for hydroxylation is 1. The Kier molecular flexibility index (Phi) is 4.23. The number of hydrogen-bond acceptors (Lipinski definition) is 3. The smallest absolute Gasteiger partial charge is 0.243 e. The average molecular weight is 322 g/mol.